The smallest absolute Gasteiger partial charge is 0.323 e. The molecule has 2 aliphatic heterocycles. The maximum absolute atomic E-state index is 11.8. The standard InChI is InChI=1S/C13H18N4O2S/c1-16(2)11-7-5-10(6-8-11)13-15-20(18,19)14-12-4-3-9-17(12)13/h5-8,13,15H,3-4,9H2,1-2H3. The van der Waals surface area contributed by atoms with Crippen LogP contribution in [0, 0.1) is 0 Å². The first-order valence-corrected chi connectivity index (χ1v) is 8.05. The van der Waals surface area contributed by atoms with E-state index in [0.29, 0.717) is 5.84 Å². The summed E-state index contributed by atoms with van der Waals surface area (Å²) >= 11 is 0. The van der Waals surface area contributed by atoms with Gasteiger partial charge in [0.05, 0.1) is 0 Å². The van der Waals surface area contributed by atoms with E-state index >= 15 is 0 Å². The topological polar surface area (TPSA) is 65.0 Å². The van der Waals surface area contributed by atoms with Crippen LogP contribution in [-0.4, -0.2) is 39.8 Å². The SMILES string of the molecule is CN(C)c1ccc(C2NS(=O)(=O)N=C3CCCN32)cc1. The minimum Gasteiger partial charge on any atom is -0.378 e. The third kappa shape index (κ3) is 2.38. The van der Waals surface area contributed by atoms with Crippen molar-refractivity contribution in [2.75, 3.05) is 25.5 Å². The molecule has 6 nitrogen and oxygen atoms in total. The molecule has 2 heterocycles. The van der Waals surface area contributed by atoms with Gasteiger partial charge in [-0.15, -0.1) is 4.40 Å². The molecule has 0 spiro atoms. The van der Waals surface area contributed by atoms with Crippen molar-refractivity contribution in [3.8, 4) is 0 Å². The van der Waals surface area contributed by atoms with E-state index in [4.69, 9.17) is 0 Å². The maximum atomic E-state index is 11.8. The van der Waals surface area contributed by atoms with Gasteiger partial charge in [0, 0.05) is 32.7 Å². The van der Waals surface area contributed by atoms with Gasteiger partial charge in [0.15, 0.2) is 0 Å². The van der Waals surface area contributed by atoms with Gasteiger partial charge in [0.1, 0.15) is 12.0 Å². The zero-order valence-corrected chi connectivity index (χ0v) is 12.4. The molecule has 20 heavy (non-hydrogen) atoms. The van der Waals surface area contributed by atoms with E-state index in [1.54, 1.807) is 0 Å². The lowest BCUT2D eigenvalue weighted by molar-refractivity contribution is 0.316. The molecule has 0 bridgehead atoms. The Bertz CT molecular complexity index is 637. The summed E-state index contributed by atoms with van der Waals surface area (Å²) in [7, 11) is 0.377. The number of hydrogen-bond acceptors (Lipinski definition) is 4. The fraction of sp³-hybridized carbons (Fsp3) is 0.462. The molecule has 3 rings (SSSR count). The van der Waals surface area contributed by atoms with Crippen molar-refractivity contribution in [3.05, 3.63) is 29.8 Å². The molecule has 0 aromatic heterocycles. The van der Waals surface area contributed by atoms with Crippen molar-refractivity contribution >= 4 is 21.7 Å². The molecule has 1 aromatic rings. The van der Waals surface area contributed by atoms with Crippen molar-refractivity contribution in [3.63, 3.8) is 0 Å². The Kier molecular flexibility index (Phi) is 3.18. The molecule has 1 N–H and O–H groups in total. The predicted molar refractivity (Wildman–Crippen MR) is 78.9 cm³/mol. The number of nitrogens with zero attached hydrogens (tertiary/aromatic N) is 3. The Labute approximate surface area is 119 Å². The lowest BCUT2D eigenvalue weighted by Crippen LogP contribution is -2.45. The van der Waals surface area contributed by atoms with E-state index in [1.165, 1.54) is 0 Å². The highest BCUT2D eigenvalue weighted by atomic mass is 32.2. The first-order chi connectivity index (χ1) is 9.46. The second kappa shape index (κ2) is 4.75. The minimum absolute atomic E-state index is 0.341. The Hall–Kier alpha value is -1.60. The fourth-order valence-corrected chi connectivity index (χ4v) is 3.70. The van der Waals surface area contributed by atoms with E-state index in [9.17, 15) is 8.42 Å². The van der Waals surface area contributed by atoms with E-state index < -0.39 is 10.2 Å². The minimum atomic E-state index is -3.57. The number of amidine groups is 1. The Morgan fingerprint density at radius 3 is 2.65 bits per heavy atom. The maximum Gasteiger partial charge on any atom is 0.323 e. The van der Waals surface area contributed by atoms with Crippen molar-refractivity contribution in [1.29, 1.82) is 0 Å². The van der Waals surface area contributed by atoms with Gasteiger partial charge in [-0.3, -0.25) is 0 Å². The zero-order chi connectivity index (χ0) is 14.3. The van der Waals surface area contributed by atoms with Crippen molar-refractivity contribution in [1.82, 2.24) is 9.62 Å². The largest absolute Gasteiger partial charge is 0.378 e. The van der Waals surface area contributed by atoms with Gasteiger partial charge in [0.2, 0.25) is 0 Å². The second-order valence-corrected chi connectivity index (χ2v) is 6.65. The van der Waals surface area contributed by atoms with Crippen molar-refractivity contribution < 1.29 is 8.42 Å². The van der Waals surface area contributed by atoms with Gasteiger partial charge >= 0.3 is 10.2 Å². The van der Waals surface area contributed by atoms with Gasteiger partial charge in [-0.2, -0.15) is 13.1 Å². The number of fused-ring (bicyclic) bond motifs is 1. The van der Waals surface area contributed by atoms with Gasteiger partial charge < -0.3 is 9.80 Å². The van der Waals surface area contributed by atoms with Crippen LogP contribution < -0.4 is 9.62 Å². The highest BCUT2D eigenvalue weighted by molar-refractivity contribution is 7.88. The van der Waals surface area contributed by atoms with Crippen LogP contribution in [0.15, 0.2) is 28.7 Å². The number of anilines is 1. The normalized spacial score (nSPS) is 24.2. The molecular weight excluding hydrogens is 276 g/mol. The number of hydrogen-bond donors (Lipinski definition) is 1. The monoisotopic (exact) mass is 294 g/mol. The van der Waals surface area contributed by atoms with Gasteiger partial charge in [-0.05, 0) is 24.1 Å². The van der Waals surface area contributed by atoms with Crippen LogP contribution in [0.2, 0.25) is 0 Å². The molecule has 0 aliphatic carbocycles. The molecule has 1 aromatic carbocycles. The molecule has 108 valence electrons. The van der Waals surface area contributed by atoms with Crippen molar-refractivity contribution in [2.45, 2.75) is 19.0 Å². The zero-order valence-electron chi connectivity index (χ0n) is 11.6. The van der Waals surface area contributed by atoms with E-state index in [-0.39, 0.29) is 6.17 Å². The third-order valence-corrected chi connectivity index (χ3v) is 4.63. The first-order valence-electron chi connectivity index (χ1n) is 6.61. The van der Waals surface area contributed by atoms with Gasteiger partial charge in [-0.1, -0.05) is 12.1 Å². The average Bonchev–Trinajstić information content (AvgIpc) is 2.84. The van der Waals surface area contributed by atoms with Gasteiger partial charge in [-0.25, -0.2) is 0 Å². The lowest BCUT2D eigenvalue weighted by atomic mass is 10.1. The highest BCUT2D eigenvalue weighted by Crippen LogP contribution is 2.30. The Morgan fingerprint density at radius 1 is 1.30 bits per heavy atom. The van der Waals surface area contributed by atoms with E-state index in [1.807, 2.05) is 48.2 Å². The molecular formula is C13H18N4O2S. The summed E-state index contributed by atoms with van der Waals surface area (Å²) in [5, 5.41) is 0. The summed E-state index contributed by atoms with van der Waals surface area (Å²) in [5.74, 6) is 0.672. The molecule has 7 heteroatoms. The molecule has 1 unspecified atom stereocenters. The molecule has 1 atom stereocenters. The molecule has 1 saturated heterocycles. The van der Waals surface area contributed by atoms with Crippen molar-refractivity contribution in [2.24, 2.45) is 4.40 Å². The van der Waals surface area contributed by atoms with Crippen LogP contribution in [0.5, 0.6) is 0 Å². The summed E-state index contributed by atoms with van der Waals surface area (Å²) < 4.78 is 30.1. The van der Waals surface area contributed by atoms with Crippen LogP contribution >= 0.6 is 0 Å². The summed E-state index contributed by atoms with van der Waals surface area (Å²) in [4.78, 5) is 4.04. The first kappa shape index (κ1) is 13.4. The van der Waals surface area contributed by atoms with E-state index in [2.05, 4.69) is 9.12 Å². The lowest BCUT2D eigenvalue weighted by Gasteiger charge is -2.33. The number of nitrogens with one attached hydrogen (secondary N) is 1. The number of benzene rings is 1. The molecule has 0 saturated carbocycles. The fourth-order valence-electron chi connectivity index (χ4n) is 2.63. The second-order valence-electron chi connectivity index (χ2n) is 5.29. The van der Waals surface area contributed by atoms with Crippen LogP contribution in [0.4, 0.5) is 5.69 Å². The van der Waals surface area contributed by atoms with Crippen LogP contribution in [0.1, 0.15) is 24.6 Å². The van der Waals surface area contributed by atoms with E-state index in [0.717, 1.165) is 30.6 Å². The summed E-state index contributed by atoms with van der Waals surface area (Å²) in [6.07, 6.45) is 1.33. The average molecular weight is 294 g/mol. The molecule has 1 fully saturated rings. The Morgan fingerprint density at radius 2 is 2.00 bits per heavy atom. The van der Waals surface area contributed by atoms with Gasteiger partial charge in [0.25, 0.3) is 0 Å². The summed E-state index contributed by atoms with van der Waals surface area (Å²) in [5.41, 5.74) is 2.02. The quantitative estimate of drug-likeness (QED) is 0.887. The van der Waals surface area contributed by atoms with Crippen LogP contribution in [-0.2, 0) is 10.2 Å². The molecule has 0 amide bonds. The summed E-state index contributed by atoms with van der Waals surface area (Å²) in [6, 6.07) is 7.91. The molecule has 2 aliphatic rings. The summed E-state index contributed by atoms with van der Waals surface area (Å²) in [6.45, 7) is 0.835. The van der Waals surface area contributed by atoms with Crippen LogP contribution in [0.25, 0.3) is 0 Å². The number of rotatable bonds is 2. The predicted octanol–water partition coefficient (Wildman–Crippen LogP) is 1.09. The van der Waals surface area contributed by atoms with Crippen LogP contribution in [0.3, 0.4) is 0 Å². The highest BCUT2D eigenvalue weighted by Gasteiger charge is 2.35. The Balaban J connectivity index is 1.95. The third-order valence-electron chi connectivity index (χ3n) is 3.65. The molecule has 0 radical (unpaired) electrons.